The van der Waals surface area contributed by atoms with E-state index in [-0.39, 0.29) is 0 Å². The van der Waals surface area contributed by atoms with Gasteiger partial charge in [0.1, 0.15) is 0 Å². The summed E-state index contributed by atoms with van der Waals surface area (Å²) < 4.78 is 0. The number of rotatable bonds is 5. The molecule has 100 valence electrons. The maximum absolute atomic E-state index is 6.35. The van der Waals surface area contributed by atoms with E-state index in [1.165, 1.54) is 58.0 Å². The molecule has 0 amide bonds. The molecule has 2 aliphatic rings. The summed E-state index contributed by atoms with van der Waals surface area (Å²) in [5.74, 6) is 1.55. The molecular weight excluding hydrogens is 208 g/mol. The third kappa shape index (κ3) is 4.26. The van der Waals surface area contributed by atoms with Crippen molar-refractivity contribution in [2.45, 2.75) is 70.9 Å². The van der Waals surface area contributed by atoms with Crippen molar-refractivity contribution in [2.24, 2.45) is 17.6 Å². The smallest absolute Gasteiger partial charge is 0.00966 e. The Bertz CT molecular complexity index is 223. The molecule has 17 heavy (non-hydrogen) atoms. The fraction of sp³-hybridized carbons (Fsp3) is 1.00. The first-order valence-corrected chi connectivity index (χ1v) is 7.66. The van der Waals surface area contributed by atoms with Gasteiger partial charge in [0.2, 0.25) is 0 Å². The summed E-state index contributed by atoms with van der Waals surface area (Å²) in [7, 11) is 0. The zero-order valence-electron chi connectivity index (χ0n) is 11.7. The van der Waals surface area contributed by atoms with Crippen LogP contribution in [-0.4, -0.2) is 30.1 Å². The van der Waals surface area contributed by atoms with Gasteiger partial charge in [-0.2, -0.15) is 0 Å². The van der Waals surface area contributed by atoms with Crippen LogP contribution >= 0.6 is 0 Å². The Balaban J connectivity index is 1.86. The first-order chi connectivity index (χ1) is 8.16. The van der Waals surface area contributed by atoms with Crippen molar-refractivity contribution in [1.82, 2.24) is 4.90 Å². The summed E-state index contributed by atoms with van der Waals surface area (Å²) in [5.41, 5.74) is 6.35. The molecule has 2 unspecified atom stereocenters. The van der Waals surface area contributed by atoms with E-state index in [9.17, 15) is 0 Å². The van der Waals surface area contributed by atoms with E-state index in [1.807, 2.05) is 0 Å². The third-order valence-electron chi connectivity index (χ3n) is 4.35. The van der Waals surface area contributed by atoms with Gasteiger partial charge in [-0.25, -0.2) is 0 Å². The minimum atomic E-state index is 0.464. The Labute approximate surface area is 107 Å². The molecule has 2 saturated carbocycles. The normalized spacial score (nSPS) is 30.9. The minimum Gasteiger partial charge on any atom is -0.327 e. The molecule has 2 heteroatoms. The standard InChI is InChI=1S/C15H30N2/c1-12(2)10-17(14-8-9-14)11-13-6-4-3-5-7-15(13)16/h12-15H,3-11,16H2,1-2H3. The predicted octanol–water partition coefficient (Wildman–Crippen LogP) is 3.01. The summed E-state index contributed by atoms with van der Waals surface area (Å²) in [4.78, 5) is 2.74. The molecule has 0 aromatic rings. The van der Waals surface area contributed by atoms with Gasteiger partial charge in [-0.15, -0.1) is 0 Å². The second-order valence-electron chi connectivity index (χ2n) is 6.64. The molecule has 2 fully saturated rings. The first-order valence-electron chi connectivity index (χ1n) is 7.66. The van der Waals surface area contributed by atoms with E-state index >= 15 is 0 Å². The lowest BCUT2D eigenvalue weighted by molar-refractivity contribution is 0.180. The number of hydrogen-bond acceptors (Lipinski definition) is 2. The van der Waals surface area contributed by atoms with Gasteiger partial charge in [-0.1, -0.05) is 33.1 Å². The molecule has 2 atom stereocenters. The van der Waals surface area contributed by atoms with Gasteiger partial charge in [0, 0.05) is 25.2 Å². The highest BCUT2D eigenvalue weighted by molar-refractivity contribution is 4.88. The lowest BCUT2D eigenvalue weighted by Gasteiger charge is -2.31. The molecule has 0 spiro atoms. The summed E-state index contributed by atoms with van der Waals surface area (Å²) in [6.45, 7) is 7.21. The van der Waals surface area contributed by atoms with Gasteiger partial charge in [-0.3, -0.25) is 4.90 Å². The van der Waals surface area contributed by atoms with Crippen molar-refractivity contribution in [3.8, 4) is 0 Å². The molecule has 0 aliphatic heterocycles. The van der Waals surface area contributed by atoms with Gasteiger partial charge in [0.05, 0.1) is 0 Å². The number of nitrogens with zero attached hydrogens (tertiary/aromatic N) is 1. The predicted molar refractivity (Wildman–Crippen MR) is 74.0 cm³/mol. The van der Waals surface area contributed by atoms with Gasteiger partial charge < -0.3 is 5.73 Å². The Morgan fingerprint density at radius 2 is 1.76 bits per heavy atom. The zero-order chi connectivity index (χ0) is 12.3. The highest BCUT2D eigenvalue weighted by Crippen LogP contribution is 2.31. The summed E-state index contributed by atoms with van der Waals surface area (Å²) >= 11 is 0. The largest absolute Gasteiger partial charge is 0.327 e. The average Bonchev–Trinajstić information content (AvgIpc) is 3.06. The monoisotopic (exact) mass is 238 g/mol. The zero-order valence-corrected chi connectivity index (χ0v) is 11.7. The molecule has 0 aromatic heterocycles. The molecule has 2 rings (SSSR count). The van der Waals surface area contributed by atoms with Crippen LogP contribution in [0.2, 0.25) is 0 Å². The van der Waals surface area contributed by atoms with Crippen molar-refractivity contribution in [3.63, 3.8) is 0 Å². The van der Waals surface area contributed by atoms with Crippen LogP contribution in [0.15, 0.2) is 0 Å². The fourth-order valence-corrected chi connectivity index (χ4v) is 3.22. The highest BCUT2D eigenvalue weighted by atomic mass is 15.2. The van der Waals surface area contributed by atoms with Crippen molar-refractivity contribution < 1.29 is 0 Å². The molecule has 0 aromatic carbocycles. The number of hydrogen-bond donors (Lipinski definition) is 1. The second kappa shape index (κ2) is 6.19. The van der Waals surface area contributed by atoms with Crippen molar-refractivity contribution in [2.75, 3.05) is 13.1 Å². The summed E-state index contributed by atoms with van der Waals surface area (Å²) in [5, 5.41) is 0. The van der Waals surface area contributed by atoms with E-state index in [1.54, 1.807) is 0 Å². The van der Waals surface area contributed by atoms with Crippen LogP contribution in [0.25, 0.3) is 0 Å². The third-order valence-corrected chi connectivity index (χ3v) is 4.35. The molecular formula is C15H30N2. The van der Waals surface area contributed by atoms with E-state index in [0.29, 0.717) is 6.04 Å². The van der Waals surface area contributed by atoms with Crippen LogP contribution in [0.1, 0.15) is 58.8 Å². The minimum absolute atomic E-state index is 0.464. The van der Waals surface area contributed by atoms with E-state index < -0.39 is 0 Å². The van der Waals surface area contributed by atoms with Crippen molar-refractivity contribution in [3.05, 3.63) is 0 Å². The summed E-state index contributed by atoms with van der Waals surface area (Å²) in [6, 6.07) is 1.36. The van der Waals surface area contributed by atoms with Crippen LogP contribution < -0.4 is 5.73 Å². The molecule has 2 nitrogen and oxygen atoms in total. The van der Waals surface area contributed by atoms with Crippen LogP contribution in [-0.2, 0) is 0 Å². The lowest BCUT2D eigenvalue weighted by atomic mass is 9.94. The van der Waals surface area contributed by atoms with E-state index in [0.717, 1.165) is 17.9 Å². The highest BCUT2D eigenvalue weighted by Gasteiger charge is 2.32. The Morgan fingerprint density at radius 3 is 2.41 bits per heavy atom. The average molecular weight is 238 g/mol. The van der Waals surface area contributed by atoms with Crippen LogP contribution in [0.3, 0.4) is 0 Å². The molecule has 0 saturated heterocycles. The SMILES string of the molecule is CC(C)CN(CC1CCCCCC1N)C1CC1. The topological polar surface area (TPSA) is 29.3 Å². The van der Waals surface area contributed by atoms with E-state index in [4.69, 9.17) is 5.73 Å². The lowest BCUT2D eigenvalue weighted by Crippen LogP contribution is -2.41. The fourth-order valence-electron chi connectivity index (χ4n) is 3.22. The van der Waals surface area contributed by atoms with Gasteiger partial charge >= 0.3 is 0 Å². The maximum atomic E-state index is 6.35. The van der Waals surface area contributed by atoms with Crippen molar-refractivity contribution >= 4 is 0 Å². The maximum Gasteiger partial charge on any atom is 0.00966 e. The molecule has 0 heterocycles. The first kappa shape index (κ1) is 13.4. The number of nitrogens with two attached hydrogens (primary N) is 1. The molecule has 0 radical (unpaired) electrons. The quantitative estimate of drug-likeness (QED) is 0.746. The van der Waals surface area contributed by atoms with Crippen LogP contribution in [0.4, 0.5) is 0 Å². The van der Waals surface area contributed by atoms with E-state index in [2.05, 4.69) is 18.7 Å². The van der Waals surface area contributed by atoms with Gasteiger partial charge in [0.15, 0.2) is 0 Å². The molecule has 0 bridgehead atoms. The van der Waals surface area contributed by atoms with Gasteiger partial charge in [-0.05, 0) is 37.5 Å². The summed E-state index contributed by atoms with van der Waals surface area (Å²) in [6.07, 6.45) is 9.62. The Morgan fingerprint density at radius 1 is 1.06 bits per heavy atom. The van der Waals surface area contributed by atoms with Gasteiger partial charge in [0.25, 0.3) is 0 Å². The van der Waals surface area contributed by atoms with Crippen molar-refractivity contribution in [1.29, 1.82) is 0 Å². The molecule has 2 N–H and O–H groups in total. The Hall–Kier alpha value is -0.0800. The van der Waals surface area contributed by atoms with Crippen LogP contribution in [0.5, 0.6) is 0 Å². The second-order valence-corrected chi connectivity index (χ2v) is 6.64. The molecule has 2 aliphatic carbocycles. The van der Waals surface area contributed by atoms with Crippen LogP contribution in [0, 0.1) is 11.8 Å². The Kier molecular flexibility index (Phi) is 4.87.